The Bertz CT molecular complexity index is 720. The minimum absolute atomic E-state index is 0. The highest BCUT2D eigenvalue weighted by atomic mass is 35.5. The smallest absolute Gasteiger partial charge is 0.277 e. The highest BCUT2D eigenvalue weighted by Crippen LogP contribution is 2.37. The van der Waals surface area contributed by atoms with Gasteiger partial charge >= 0.3 is 0 Å². The van der Waals surface area contributed by atoms with Gasteiger partial charge in [0.2, 0.25) is 0 Å². The molecule has 8 heteroatoms. The van der Waals surface area contributed by atoms with Crippen molar-refractivity contribution in [2.75, 3.05) is 0 Å². The molecule has 0 spiro atoms. The highest BCUT2D eigenvalue weighted by Gasteiger charge is 2.39. The quantitative estimate of drug-likeness (QED) is 0.885. The first kappa shape index (κ1) is 16.6. The fourth-order valence-electron chi connectivity index (χ4n) is 2.73. The van der Waals surface area contributed by atoms with E-state index >= 15 is 0 Å². The van der Waals surface area contributed by atoms with E-state index in [2.05, 4.69) is 20.3 Å². The molecule has 0 aromatic carbocycles. The summed E-state index contributed by atoms with van der Waals surface area (Å²) in [5, 5.41) is 10.6. The van der Waals surface area contributed by atoms with Crippen LogP contribution in [0.5, 0.6) is 0 Å². The lowest BCUT2D eigenvalue weighted by molar-refractivity contribution is 0.229. The van der Waals surface area contributed by atoms with Gasteiger partial charge in [-0.05, 0) is 37.7 Å². The molecule has 0 radical (unpaired) electrons. The number of nitrogens with one attached hydrogen (secondary N) is 1. The van der Waals surface area contributed by atoms with Crippen LogP contribution < -0.4 is 11.3 Å². The summed E-state index contributed by atoms with van der Waals surface area (Å²) in [6.07, 6.45) is 4.17. The molecule has 3 rings (SSSR count). The molecule has 2 heterocycles. The molecule has 1 saturated carbocycles. The van der Waals surface area contributed by atoms with Crippen molar-refractivity contribution in [2.45, 2.75) is 51.5 Å². The lowest BCUT2D eigenvalue weighted by Crippen LogP contribution is -2.44. The maximum absolute atomic E-state index is 12.1. The fourth-order valence-corrected chi connectivity index (χ4v) is 2.73. The van der Waals surface area contributed by atoms with Gasteiger partial charge in [0.25, 0.3) is 11.4 Å². The van der Waals surface area contributed by atoms with Crippen LogP contribution in [0.2, 0.25) is 0 Å². The van der Waals surface area contributed by atoms with E-state index < -0.39 is 5.54 Å². The fraction of sp³-hybridized carbons (Fsp3) is 0.571. The first-order chi connectivity index (χ1) is 10.1. The summed E-state index contributed by atoms with van der Waals surface area (Å²) < 4.78 is 5.31. The van der Waals surface area contributed by atoms with Crippen LogP contribution in [0.4, 0.5) is 0 Å². The Hall–Kier alpha value is -1.73. The number of H-pyrrole nitrogens is 1. The summed E-state index contributed by atoms with van der Waals surface area (Å²) in [7, 11) is 0. The van der Waals surface area contributed by atoms with Gasteiger partial charge in [-0.25, -0.2) is 5.10 Å². The molecule has 0 bridgehead atoms. The number of hydrogen-bond donors (Lipinski definition) is 2. The van der Waals surface area contributed by atoms with Gasteiger partial charge in [-0.15, -0.1) is 12.4 Å². The van der Waals surface area contributed by atoms with Crippen molar-refractivity contribution in [1.82, 2.24) is 20.3 Å². The molecule has 0 atom stereocenters. The first-order valence-electron chi connectivity index (χ1n) is 7.33. The average molecular weight is 326 g/mol. The average Bonchev–Trinajstić information content (AvgIpc) is 2.93. The Morgan fingerprint density at radius 1 is 1.32 bits per heavy atom. The van der Waals surface area contributed by atoms with E-state index in [1.807, 2.05) is 13.8 Å². The Morgan fingerprint density at radius 3 is 2.59 bits per heavy atom. The van der Waals surface area contributed by atoms with Crippen molar-refractivity contribution in [3.05, 3.63) is 27.4 Å². The van der Waals surface area contributed by atoms with Crippen LogP contribution in [0.1, 0.15) is 50.2 Å². The van der Waals surface area contributed by atoms with Crippen LogP contribution in [-0.2, 0) is 18.4 Å². The third kappa shape index (κ3) is 2.55. The first-order valence-corrected chi connectivity index (χ1v) is 7.33. The van der Waals surface area contributed by atoms with Crippen molar-refractivity contribution in [1.29, 1.82) is 0 Å². The van der Waals surface area contributed by atoms with Crippen LogP contribution in [0.15, 0.2) is 9.32 Å². The van der Waals surface area contributed by atoms with Gasteiger partial charge in [0.05, 0.1) is 11.2 Å². The molecule has 1 aliphatic carbocycles. The number of hydrogen-bond acceptors (Lipinski definition) is 6. The van der Waals surface area contributed by atoms with Gasteiger partial charge in [0.15, 0.2) is 5.82 Å². The molecular weight excluding hydrogens is 306 g/mol. The summed E-state index contributed by atoms with van der Waals surface area (Å²) in [5.74, 6) is 0.719. The molecule has 0 saturated heterocycles. The number of aromatic amines is 1. The van der Waals surface area contributed by atoms with Gasteiger partial charge < -0.3 is 10.3 Å². The number of nitrogens with zero attached hydrogens (tertiary/aromatic N) is 3. The molecule has 1 aliphatic rings. The molecule has 0 unspecified atom stereocenters. The molecular formula is C14H20ClN5O2. The largest absolute Gasteiger partial charge is 0.334 e. The second-order valence-electron chi connectivity index (χ2n) is 5.49. The predicted molar refractivity (Wildman–Crippen MR) is 83.9 cm³/mol. The zero-order valence-electron chi connectivity index (χ0n) is 12.7. The van der Waals surface area contributed by atoms with Gasteiger partial charge in [0, 0.05) is 0 Å². The van der Waals surface area contributed by atoms with E-state index in [0.29, 0.717) is 17.8 Å². The summed E-state index contributed by atoms with van der Waals surface area (Å²) in [6, 6.07) is 0. The molecule has 22 heavy (non-hydrogen) atoms. The number of aryl methyl sites for hydroxylation is 1. The second kappa shape index (κ2) is 6.18. The third-order valence-electron chi connectivity index (χ3n) is 4.19. The molecule has 1 fully saturated rings. The van der Waals surface area contributed by atoms with Crippen molar-refractivity contribution in [3.63, 3.8) is 0 Å². The van der Waals surface area contributed by atoms with Crippen LogP contribution in [0, 0.1) is 0 Å². The molecule has 0 aliphatic heterocycles. The SMILES string of the molecule is CCc1n[nH]c(=O)c(-c2nc(C3(N)CCC3)no2)c1CC.Cl. The maximum atomic E-state index is 12.1. The number of rotatable bonds is 4. The van der Waals surface area contributed by atoms with E-state index in [-0.39, 0.29) is 23.9 Å². The van der Waals surface area contributed by atoms with Crippen LogP contribution in [0.3, 0.4) is 0 Å². The second-order valence-corrected chi connectivity index (χ2v) is 5.49. The van der Waals surface area contributed by atoms with Crippen molar-refractivity contribution in [2.24, 2.45) is 5.73 Å². The van der Waals surface area contributed by atoms with E-state index in [4.69, 9.17) is 10.3 Å². The Labute approximate surface area is 134 Å². The predicted octanol–water partition coefficient (Wildman–Crippen LogP) is 1.70. The molecule has 3 N–H and O–H groups in total. The molecule has 0 amide bonds. The summed E-state index contributed by atoms with van der Waals surface area (Å²) in [5.41, 5.74) is 7.52. The van der Waals surface area contributed by atoms with Crippen molar-refractivity contribution >= 4 is 12.4 Å². The number of nitrogens with two attached hydrogens (primary N) is 1. The van der Waals surface area contributed by atoms with Crippen LogP contribution in [-0.4, -0.2) is 20.3 Å². The highest BCUT2D eigenvalue weighted by molar-refractivity contribution is 5.85. The number of halogens is 1. The van der Waals surface area contributed by atoms with Crippen LogP contribution in [0.25, 0.3) is 11.5 Å². The molecule has 120 valence electrons. The van der Waals surface area contributed by atoms with E-state index in [1.165, 1.54) is 0 Å². The van der Waals surface area contributed by atoms with Gasteiger partial charge in [0.1, 0.15) is 5.56 Å². The summed E-state index contributed by atoms with van der Waals surface area (Å²) >= 11 is 0. The minimum atomic E-state index is -0.499. The molecule has 2 aromatic rings. The van der Waals surface area contributed by atoms with Gasteiger partial charge in [-0.1, -0.05) is 19.0 Å². The maximum Gasteiger partial charge on any atom is 0.277 e. The summed E-state index contributed by atoms with van der Waals surface area (Å²) in [6.45, 7) is 3.97. The Balaban J connectivity index is 0.00000176. The van der Waals surface area contributed by atoms with Gasteiger partial charge in [-0.3, -0.25) is 4.79 Å². The van der Waals surface area contributed by atoms with Gasteiger partial charge in [-0.2, -0.15) is 10.1 Å². The topological polar surface area (TPSA) is 111 Å². The van der Waals surface area contributed by atoms with Crippen LogP contribution >= 0.6 is 12.4 Å². The monoisotopic (exact) mass is 325 g/mol. The van der Waals surface area contributed by atoms with E-state index in [1.54, 1.807) is 0 Å². The normalized spacial score (nSPS) is 16.0. The van der Waals surface area contributed by atoms with E-state index in [0.717, 1.165) is 36.9 Å². The lowest BCUT2D eigenvalue weighted by Gasteiger charge is -2.34. The Kier molecular flexibility index (Phi) is 4.67. The zero-order chi connectivity index (χ0) is 15.0. The number of aromatic nitrogens is 4. The lowest BCUT2D eigenvalue weighted by atomic mass is 9.77. The van der Waals surface area contributed by atoms with E-state index in [9.17, 15) is 4.79 Å². The Morgan fingerprint density at radius 2 is 2.05 bits per heavy atom. The molecule has 2 aromatic heterocycles. The molecule has 7 nitrogen and oxygen atoms in total. The van der Waals surface area contributed by atoms with Crippen molar-refractivity contribution in [3.8, 4) is 11.5 Å². The van der Waals surface area contributed by atoms with Crippen molar-refractivity contribution < 1.29 is 4.52 Å². The zero-order valence-corrected chi connectivity index (χ0v) is 13.5. The standard InChI is InChI=1S/C14H19N5O2.ClH/c1-3-8-9(4-2)17-18-11(20)10(8)12-16-13(19-21-12)14(15)6-5-7-14;/h3-7,15H2,1-2H3,(H,18,20);1H. The summed E-state index contributed by atoms with van der Waals surface area (Å²) in [4.78, 5) is 16.5. The third-order valence-corrected chi connectivity index (χ3v) is 4.19. The minimum Gasteiger partial charge on any atom is -0.334 e.